The van der Waals surface area contributed by atoms with Crippen LogP contribution in [0.15, 0.2) is 0 Å². The number of hydrogen-bond acceptors (Lipinski definition) is 1. The van der Waals surface area contributed by atoms with Crippen molar-refractivity contribution in [2.75, 3.05) is 27.2 Å². The van der Waals surface area contributed by atoms with Gasteiger partial charge >= 0.3 is 0 Å². The Kier molecular flexibility index (Phi) is 4.84. The molecule has 0 spiro atoms. The Morgan fingerprint density at radius 2 is 1.37 bits per heavy atom. The maximum absolute atomic E-state index is 6.28. The molecule has 0 aliphatic carbocycles. The molecule has 0 fully saturated rings. The Morgan fingerprint density at radius 1 is 0.947 bits per heavy atom. The van der Waals surface area contributed by atoms with Crippen LogP contribution in [0, 0.1) is 0 Å². The van der Waals surface area contributed by atoms with Crippen LogP contribution in [-0.2, 0) is 13.1 Å². The molecular formula is C12H14Cl5N2+. The minimum Gasteiger partial charge on any atom is -0.317 e. The van der Waals surface area contributed by atoms with Gasteiger partial charge in [-0.2, -0.15) is 0 Å². The van der Waals surface area contributed by atoms with E-state index in [1.807, 2.05) is 7.05 Å². The predicted molar refractivity (Wildman–Crippen MR) is 83.4 cm³/mol. The van der Waals surface area contributed by atoms with Crippen LogP contribution < -0.4 is 0 Å². The fourth-order valence-corrected chi connectivity index (χ4v) is 3.54. The lowest BCUT2D eigenvalue weighted by Crippen LogP contribution is -2.42. The zero-order valence-corrected chi connectivity index (χ0v) is 14.4. The van der Waals surface area contributed by atoms with Crippen molar-refractivity contribution in [3.8, 4) is 0 Å². The predicted octanol–water partition coefficient (Wildman–Crippen LogP) is 4.85. The van der Waals surface area contributed by atoms with Gasteiger partial charge in [0.2, 0.25) is 0 Å². The van der Waals surface area contributed by atoms with Crippen molar-refractivity contribution in [3.05, 3.63) is 31.2 Å². The van der Waals surface area contributed by atoms with Gasteiger partial charge in [0.15, 0.2) is 0 Å². The number of rotatable bonds is 3. The van der Waals surface area contributed by atoms with E-state index >= 15 is 0 Å². The van der Waals surface area contributed by atoms with Gasteiger partial charge in [-0.05, 0) is 11.8 Å². The summed E-state index contributed by atoms with van der Waals surface area (Å²) in [7, 11) is 3.99. The molecule has 2 rings (SSSR count). The monoisotopic (exact) mass is 361 g/mol. The van der Waals surface area contributed by atoms with Crippen molar-refractivity contribution in [2.24, 2.45) is 0 Å². The lowest BCUT2D eigenvalue weighted by atomic mass is 10.1. The van der Waals surface area contributed by atoms with E-state index in [1.165, 1.54) is 0 Å². The molecule has 1 aromatic rings. The number of quaternary nitrogens is 1. The maximum Gasteiger partial charge on any atom is 0.107 e. The van der Waals surface area contributed by atoms with Crippen molar-refractivity contribution in [2.45, 2.75) is 13.1 Å². The molecule has 0 unspecified atom stereocenters. The van der Waals surface area contributed by atoms with Crippen LogP contribution in [0.5, 0.6) is 0 Å². The highest BCUT2D eigenvalue weighted by atomic mass is 35.5. The molecule has 0 amide bonds. The molecule has 1 aliphatic rings. The van der Waals surface area contributed by atoms with E-state index < -0.39 is 0 Å². The first kappa shape index (κ1) is 16.0. The van der Waals surface area contributed by atoms with Crippen LogP contribution >= 0.6 is 58.2 Å². The van der Waals surface area contributed by atoms with Gasteiger partial charge in [-0.3, -0.25) is 0 Å². The summed E-state index contributed by atoms with van der Waals surface area (Å²) in [5.41, 5.74) is 2.00. The Balaban J connectivity index is 2.34. The second-order valence-corrected chi connectivity index (χ2v) is 7.29. The molecule has 1 heterocycles. The largest absolute Gasteiger partial charge is 0.317 e. The van der Waals surface area contributed by atoms with Crippen molar-refractivity contribution in [3.63, 3.8) is 0 Å². The van der Waals surface area contributed by atoms with Gasteiger partial charge in [0.05, 0.1) is 40.2 Å². The van der Waals surface area contributed by atoms with Crippen molar-refractivity contribution < 1.29 is 4.48 Å². The Bertz CT molecular complexity index is 479. The van der Waals surface area contributed by atoms with Gasteiger partial charge < -0.3 is 4.48 Å². The Hall–Kier alpha value is 0.590. The molecule has 0 bridgehead atoms. The third-order valence-corrected chi connectivity index (χ3v) is 5.55. The first-order valence-corrected chi connectivity index (χ1v) is 7.64. The third-order valence-electron chi connectivity index (χ3n) is 3.50. The van der Waals surface area contributed by atoms with E-state index in [9.17, 15) is 0 Å². The van der Waals surface area contributed by atoms with Gasteiger partial charge in [0.25, 0.3) is 0 Å². The standard InChI is InChI=1S/C12H14Cl5N2/c1-18(17)3-4-19(2)5-7-8(6-19)10(14)12(16)11(15)9(7)13/h3-6H2,1-2H3/q+1. The minimum absolute atomic E-state index is 0.343. The summed E-state index contributed by atoms with van der Waals surface area (Å²) >= 11 is 30.6. The Morgan fingerprint density at radius 3 is 1.74 bits per heavy atom. The number of nitrogens with zero attached hydrogens (tertiary/aromatic N) is 2. The van der Waals surface area contributed by atoms with E-state index in [2.05, 4.69) is 7.05 Å². The minimum atomic E-state index is 0.343. The van der Waals surface area contributed by atoms with Gasteiger partial charge in [0.1, 0.15) is 13.1 Å². The van der Waals surface area contributed by atoms with E-state index in [1.54, 1.807) is 4.42 Å². The number of benzene rings is 1. The molecule has 0 atom stereocenters. The average Bonchev–Trinajstić information content (AvgIpc) is 2.71. The molecule has 0 saturated heterocycles. The third kappa shape index (κ3) is 3.11. The topological polar surface area (TPSA) is 3.24 Å². The van der Waals surface area contributed by atoms with Crippen LogP contribution in [0.3, 0.4) is 0 Å². The zero-order valence-electron chi connectivity index (χ0n) is 10.6. The van der Waals surface area contributed by atoms with E-state index in [4.69, 9.17) is 58.2 Å². The number of fused-ring (bicyclic) bond motifs is 1. The zero-order chi connectivity index (χ0) is 14.4. The second kappa shape index (κ2) is 5.76. The van der Waals surface area contributed by atoms with Crippen molar-refractivity contribution >= 4 is 58.2 Å². The summed E-state index contributed by atoms with van der Waals surface area (Å²) in [5, 5.41) is 1.73. The summed E-state index contributed by atoms with van der Waals surface area (Å²) in [5.74, 6) is 0. The maximum atomic E-state index is 6.28. The first-order valence-electron chi connectivity index (χ1n) is 5.79. The summed E-state index contributed by atoms with van der Waals surface area (Å²) in [6.45, 7) is 3.25. The number of halogens is 5. The quantitative estimate of drug-likeness (QED) is 0.321. The van der Waals surface area contributed by atoms with Crippen LogP contribution in [-0.4, -0.2) is 36.1 Å². The lowest BCUT2D eigenvalue weighted by molar-refractivity contribution is -0.928. The van der Waals surface area contributed by atoms with Crippen LogP contribution in [0.4, 0.5) is 0 Å². The van der Waals surface area contributed by atoms with E-state index in [-0.39, 0.29) is 0 Å². The molecule has 0 radical (unpaired) electrons. The molecular weight excluding hydrogens is 349 g/mol. The molecule has 0 aromatic heterocycles. The lowest BCUT2D eigenvalue weighted by Gasteiger charge is -2.30. The van der Waals surface area contributed by atoms with Crippen LogP contribution in [0.2, 0.25) is 20.1 Å². The highest BCUT2D eigenvalue weighted by Crippen LogP contribution is 2.46. The number of hydrogen-bond donors (Lipinski definition) is 0. The SMILES string of the molecule is CN(Cl)CC[N+]1(C)Cc2c(Cl)c(Cl)c(Cl)c(Cl)c2C1. The fourth-order valence-electron chi connectivity index (χ4n) is 2.41. The van der Waals surface area contributed by atoms with Gasteiger partial charge in [-0.1, -0.05) is 46.4 Å². The molecule has 0 N–H and O–H groups in total. The molecule has 1 aromatic carbocycles. The fraction of sp³-hybridized carbons (Fsp3) is 0.500. The highest BCUT2D eigenvalue weighted by molar-refractivity contribution is 6.52. The molecule has 2 nitrogen and oxygen atoms in total. The smallest absolute Gasteiger partial charge is 0.107 e. The summed E-state index contributed by atoms with van der Waals surface area (Å²) in [6, 6.07) is 0. The normalized spacial score (nSPS) is 17.1. The molecule has 19 heavy (non-hydrogen) atoms. The average molecular weight is 364 g/mol. The summed E-state index contributed by atoms with van der Waals surface area (Å²) in [6.07, 6.45) is 0. The molecule has 7 heteroatoms. The Labute approximate surface area is 138 Å². The van der Waals surface area contributed by atoms with Crippen molar-refractivity contribution in [1.82, 2.24) is 4.42 Å². The van der Waals surface area contributed by atoms with Crippen LogP contribution in [0.25, 0.3) is 0 Å². The van der Waals surface area contributed by atoms with E-state index in [0.29, 0.717) is 20.1 Å². The summed E-state index contributed by atoms with van der Waals surface area (Å²) in [4.78, 5) is 0. The number of likely N-dealkylation sites (N-methyl/N-ethyl adjacent to an activating group) is 2. The molecule has 106 valence electrons. The van der Waals surface area contributed by atoms with Gasteiger partial charge in [0, 0.05) is 18.2 Å². The van der Waals surface area contributed by atoms with Gasteiger partial charge in [-0.15, -0.1) is 0 Å². The van der Waals surface area contributed by atoms with E-state index in [0.717, 1.165) is 41.8 Å². The van der Waals surface area contributed by atoms with Crippen molar-refractivity contribution in [1.29, 1.82) is 0 Å². The first-order chi connectivity index (χ1) is 8.75. The molecule has 1 aliphatic heterocycles. The van der Waals surface area contributed by atoms with Gasteiger partial charge in [-0.25, -0.2) is 4.42 Å². The van der Waals surface area contributed by atoms with Crippen LogP contribution in [0.1, 0.15) is 11.1 Å². The molecule has 0 saturated carbocycles. The second-order valence-electron chi connectivity index (χ2n) is 5.20. The summed E-state index contributed by atoms with van der Waals surface area (Å²) < 4.78 is 2.44. The highest BCUT2D eigenvalue weighted by Gasteiger charge is 2.37.